The third-order valence-corrected chi connectivity index (χ3v) is 4.44. The first-order valence-corrected chi connectivity index (χ1v) is 8.61. The van der Waals surface area contributed by atoms with Gasteiger partial charge in [-0.3, -0.25) is 0 Å². The van der Waals surface area contributed by atoms with Crippen LogP contribution >= 0.6 is 11.6 Å². The van der Waals surface area contributed by atoms with Gasteiger partial charge in [-0.05, 0) is 43.5 Å². The summed E-state index contributed by atoms with van der Waals surface area (Å²) in [6.07, 6.45) is 3.28. The lowest BCUT2D eigenvalue weighted by molar-refractivity contribution is 0.161. The van der Waals surface area contributed by atoms with Crippen LogP contribution in [0.1, 0.15) is 19.3 Å². The summed E-state index contributed by atoms with van der Waals surface area (Å²) in [7, 11) is 0. The van der Waals surface area contributed by atoms with Crippen molar-refractivity contribution in [1.29, 1.82) is 0 Å². The van der Waals surface area contributed by atoms with E-state index in [1.165, 1.54) is 0 Å². The molecule has 6 heteroatoms. The predicted molar refractivity (Wildman–Crippen MR) is 89.0 cm³/mol. The smallest absolute Gasteiger partial charge is 0.317 e. The van der Waals surface area contributed by atoms with Crippen LogP contribution in [0.25, 0.3) is 0 Å². The molecule has 1 heterocycles. The van der Waals surface area contributed by atoms with Crippen LogP contribution in [-0.2, 0) is 4.74 Å². The van der Waals surface area contributed by atoms with Crippen LogP contribution in [-0.4, -0.2) is 49.9 Å². The van der Waals surface area contributed by atoms with Gasteiger partial charge >= 0.3 is 6.03 Å². The molecular formula is C17H23ClN2O3. The maximum absolute atomic E-state index is 12.4. The van der Waals surface area contributed by atoms with Gasteiger partial charge in [0.15, 0.2) is 0 Å². The number of carbonyl (C=O) groups excluding carboxylic acids is 1. The van der Waals surface area contributed by atoms with E-state index in [0.717, 1.165) is 44.8 Å². The zero-order valence-electron chi connectivity index (χ0n) is 13.2. The Bertz CT molecular complexity index is 513. The van der Waals surface area contributed by atoms with Crippen molar-refractivity contribution in [1.82, 2.24) is 10.2 Å². The summed E-state index contributed by atoms with van der Waals surface area (Å²) in [5.41, 5.74) is 0. The first-order valence-electron chi connectivity index (χ1n) is 8.23. The molecule has 2 fully saturated rings. The van der Waals surface area contributed by atoms with E-state index in [1.54, 1.807) is 12.1 Å². The van der Waals surface area contributed by atoms with Crippen molar-refractivity contribution in [2.45, 2.75) is 25.3 Å². The maximum atomic E-state index is 12.4. The summed E-state index contributed by atoms with van der Waals surface area (Å²) in [6.45, 7) is 3.33. The van der Waals surface area contributed by atoms with Crippen LogP contribution in [0.15, 0.2) is 24.3 Å². The fourth-order valence-electron chi connectivity index (χ4n) is 2.75. The number of urea groups is 1. The fourth-order valence-corrected chi connectivity index (χ4v) is 2.87. The summed E-state index contributed by atoms with van der Waals surface area (Å²) in [4.78, 5) is 14.3. The maximum Gasteiger partial charge on any atom is 0.317 e. The Labute approximate surface area is 141 Å². The Morgan fingerprint density at radius 2 is 2.09 bits per heavy atom. The molecule has 0 bridgehead atoms. The van der Waals surface area contributed by atoms with E-state index in [0.29, 0.717) is 30.1 Å². The molecule has 0 radical (unpaired) electrons. The van der Waals surface area contributed by atoms with Crippen molar-refractivity contribution in [2.24, 2.45) is 5.92 Å². The minimum atomic E-state index is 0.0131. The second kappa shape index (κ2) is 7.88. The van der Waals surface area contributed by atoms with Gasteiger partial charge in [0.05, 0.1) is 13.2 Å². The molecular weight excluding hydrogens is 316 g/mol. The van der Waals surface area contributed by atoms with E-state index in [-0.39, 0.29) is 6.03 Å². The Morgan fingerprint density at radius 1 is 1.30 bits per heavy atom. The monoisotopic (exact) mass is 338 g/mol. The Hall–Kier alpha value is -1.46. The Morgan fingerprint density at radius 3 is 2.74 bits per heavy atom. The molecule has 126 valence electrons. The van der Waals surface area contributed by atoms with Crippen molar-refractivity contribution in [3.63, 3.8) is 0 Å². The quantitative estimate of drug-likeness (QED) is 0.778. The molecule has 23 heavy (non-hydrogen) atoms. The van der Waals surface area contributed by atoms with E-state index >= 15 is 0 Å². The lowest BCUT2D eigenvalue weighted by atomic mass is 10.1. The highest BCUT2D eigenvalue weighted by atomic mass is 35.5. The molecule has 3 rings (SSSR count). The van der Waals surface area contributed by atoms with Crippen LogP contribution < -0.4 is 10.1 Å². The molecule has 1 atom stereocenters. The van der Waals surface area contributed by atoms with Gasteiger partial charge in [-0.25, -0.2) is 4.79 Å². The molecule has 1 aliphatic carbocycles. The number of hydrogen-bond donors (Lipinski definition) is 1. The standard InChI is InChI=1S/C17H23ClN2O3/c18-14-1-5-16(6-2-14)23-10-8-19-17(21)20(15-3-4-15)11-13-7-9-22-12-13/h1-2,5-6,13,15H,3-4,7-12H2,(H,19,21). The summed E-state index contributed by atoms with van der Waals surface area (Å²) in [5, 5.41) is 3.64. The number of ether oxygens (including phenoxy) is 2. The van der Waals surface area contributed by atoms with Gasteiger partial charge in [-0.1, -0.05) is 11.6 Å². The molecule has 1 aromatic carbocycles. The first-order chi connectivity index (χ1) is 11.2. The number of benzene rings is 1. The second-order valence-electron chi connectivity index (χ2n) is 6.15. The molecule has 2 aliphatic rings. The average molecular weight is 339 g/mol. The summed E-state index contributed by atoms with van der Waals surface area (Å²) in [6, 6.07) is 7.63. The number of nitrogens with zero attached hydrogens (tertiary/aromatic N) is 1. The number of hydrogen-bond acceptors (Lipinski definition) is 3. The van der Waals surface area contributed by atoms with Crippen molar-refractivity contribution < 1.29 is 14.3 Å². The third kappa shape index (κ3) is 5.01. The van der Waals surface area contributed by atoms with Crippen molar-refractivity contribution in [3.05, 3.63) is 29.3 Å². The molecule has 1 unspecified atom stereocenters. The van der Waals surface area contributed by atoms with Gasteiger partial charge in [-0.2, -0.15) is 0 Å². The number of carbonyl (C=O) groups is 1. The first kappa shape index (κ1) is 16.4. The SMILES string of the molecule is O=C(NCCOc1ccc(Cl)cc1)N(CC1CCOC1)C1CC1. The lowest BCUT2D eigenvalue weighted by Gasteiger charge is -2.25. The van der Waals surface area contributed by atoms with Crippen molar-refractivity contribution in [2.75, 3.05) is 32.9 Å². The fraction of sp³-hybridized carbons (Fsp3) is 0.588. The Kier molecular flexibility index (Phi) is 5.62. The summed E-state index contributed by atoms with van der Waals surface area (Å²) in [5.74, 6) is 1.23. The molecule has 1 saturated carbocycles. The normalized spacial score (nSPS) is 20.3. The third-order valence-electron chi connectivity index (χ3n) is 4.19. The zero-order valence-corrected chi connectivity index (χ0v) is 13.9. The average Bonchev–Trinajstić information content (AvgIpc) is 3.27. The second-order valence-corrected chi connectivity index (χ2v) is 6.58. The molecule has 1 aliphatic heterocycles. The molecule has 1 N–H and O–H groups in total. The summed E-state index contributed by atoms with van der Waals surface area (Å²) >= 11 is 5.83. The van der Waals surface area contributed by atoms with Crippen molar-refractivity contribution in [3.8, 4) is 5.75 Å². The molecule has 5 nitrogen and oxygen atoms in total. The largest absolute Gasteiger partial charge is 0.492 e. The highest BCUT2D eigenvalue weighted by molar-refractivity contribution is 6.30. The zero-order chi connectivity index (χ0) is 16.1. The highest BCUT2D eigenvalue weighted by Gasteiger charge is 2.34. The van der Waals surface area contributed by atoms with Gasteiger partial charge in [0.2, 0.25) is 0 Å². The van der Waals surface area contributed by atoms with Crippen molar-refractivity contribution >= 4 is 17.6 Å². The minimum absolute atomic E-state index is 0.0131. The topological polar surface area (TPSA) is 50.8 Å². The minimum Gasteiger partial charge on any atom is -0.492 e. The lowest BCUT2D eigenvalue weighted by Crippen LogP contribution is -2.45. The van der Waals surface area contributed by atoms with Crippen LogP contribution in [0.2, 0.25) is 5.02 Å². The number of amides is 2. The number of rotatable bonds is 7. The van der Waals surface area contributed by atoms with Crippen LogP contribution in [0.5, 0.6) is 5.75 Å². The van der Waals surface area contributed by atoms with Crippen LogP contribution in [0, 0.1) is 5.92 Å². The highest BCUT2D eigenvalue weighted by Crippen LogP contribution is 2.28. The molecule has 1 aromatic rings. The molecule has 0 aromatic heterocycles. The number of halogens is 1. The summed E-state index contributed by atoms with van der Waals surface area (Å²) < 4.78 is 11.0. The number of nitrogens with one attached hydrogen (secondary N) is 1. The van der Waals surface area contributed by atoms with Crippen LogP contribution in [0.3, 0.4) is 0 Å². The molecule has 2 amide bonds. The van der Waals surface area contributed by atoms with E-state index in [2.05, 4.69) is 5.32 Å². The molecule has 0 spiro atoms. The van der Waals surface area contributed by atoms with Gasteiger partial charge in [0.1, 0.15) is 12.4 Å². The van der Waals surface area contributed by atoms with E-state index in [4.69, 9.17) is 21.1 Å². The van der Waals surface area contributed by atoms with Crippen LogP contribution in [0.4, 0.5) is 4.79 Å². The Balaban J connectivity index is 1.39. The molecule has 1 saturated heterocycles. The van der Waals surface area contributed by atoms with E-state index in [1.807, 2.05) is 17.0 Å². The predicted octanol–water partition coefficient (Wildman–Crippen LogP) is 2.93. The van der Waals surface area contributed by atoms with Gasteiger partial charge < -0.3 is 19.7 Å². The van der Waals surface area contributed by atoms with Gasteiger partial charge in [0.25, 0.3) is 0 Å². The van der Waals surface area contributed by atoms with Gasteiger partial charge in [0, 0.05) is 30.1 Å². The van der Waals surface area contributed by atoms with Gasteiger partial charge in [-0.15, -0.1) is 0 Å². The van der Waals surface area contributed by atoms with E-state index in [9.17, 15) is 4.79 Å². The van der Waals surface area contributed by atoms with E-state index < -0.39 is 0 Å².